The van der Waals surface area contributed by atoms with Gasteiger partial charge in [0.25, 0.3) is 0 Å². The Labute approximate surface area is 83.2 Å². The third-order valence-corrected chi connectivity index (χ3v) is 2.73. The lowest BCUT2D eigenvalue weighted by Crippen LogP contribution is -2.33. The molecule has 1 aromatic rings. The first-order valence-electron chi connectivity index (χ1n) is 4.78. The van der Waals surface area contributed by atoms with Crippen molar-refractivity contribution in [2.75, 3.05) is 7.11 Å². The minimum absolute atomic E-state index is 0.630. The Morgan fingerprint density at radius 3 is 2.71 bits per heavy atom. The molecule has 1 fully saturated rings. The smallest absolute Gasteiger partial charge is 0.165 e. The standard InChI is InChI=1S/C11H14O3/c1-13-14-10-5-2-4-9(8-10)11(12)6-3-7-11/h2,4-5,8,12H,3,6-7H2,1H3. The van der Waals surface area contributed by atoms with E-state index in [1.54, 1.807) is 6.07 Å². The SMILES string of the molecule is COOc1cccc(C2(O)CCC2)c1. The molecule has 0 unspecified atom stereocenters. The van der Waals surface area contributed by atoms with E-state index in [-0.39, 0.29) is 0 Å². The molecule has 0 amide bonds. The van der Waals surface area contributed by atoms with Crippen molar-refractivity contribution in [2.24, 2.45) is 0 Å². The molecule has 1 saturated carbocycles. The molecule has 0 aliphatic heterocycles. The molecule has 3 nitrogen and oxygen atoms in total. The molecule has 0 heterocycles. The molecule has 76 valence electrons. The maximum Gasteiger partial charge on any atom is 0.165 e. The summed E-state index contributed by atoms with van der Waals surface area (Å²) in [4.78, 5) is 9.46. The molecule has 0 aromatic heterocycles. The number of rotatable bonds is 3. The summed E-state index contributed by atoms with van der Waals surface area (Å²) in [6, 6.07) is 7.40. The predicted molar refractivity (Wildman–Crippen MR) is 51.8 cm³/mol. The van der Waals surface area contributed by atoms with Crippen LogP contribution >= 0.6 is 0 Å². The molecule has 14 heavy (non-hydrogen) atoms. The van der Waals surface area contributed by atoms with Gasteiger partial charge in [0, 0.05) is 0 Å². The largest absolute Gasteiger partial charge is 0.385 e. The van der Waals surface area contributed by atoms with Gasteiger partial charge >= 0.3 is 0 Å². The van der Waals surface area contributed by atoms with Gasteiger partial charge in [0.1, 0.15) is 0 Å². The first kappa shape index (κ1) is 9.49. The van der Waals surface area contributed by atoms with Gasteiger partial charge in [-0.2, -0.15) is 4.89 Å². The summed E-state index contributed by atoms with van der Waals surface area (Å²) in [5.41, 5.74) is 0.283. The number of aliphatic hydroxyl groups is 1. The van der Waals surface area contributed by atoms with E-state index in [2.05, 4.69) is 4.89 Å². The summed E-state index contributed by atoms with van der Waals surface area (Å²) in [5.74, 6) is 0.630. The van der Waals surface area contributed by atoms with Gasteiger partial charge in [-0.25, -0.2) is 0 Å². The fourth-order valence-electron chi connectivity index (χ4n) is 1.73. The van der Waals surface area contributed by atoms with Crippen LogP contribution in [0.3, 0.4) is 0 Å². The average molecular weight is 194 g/mol. The highest BCUT2D eigenvalue weighted by Crippen LogP contribution is 2.41. The molecule has 3 heteroatoms. The summed E-state index contributed by atoms with van der Waals surface area (Å²) in [7, 11) is 1.46. The monoisotopic (exact) mass is 194 g/mol. The second-order valence-corrected chi connectivity index (χ2v) is 3.66. The quantitative estimate of drug-likeness (QED) is 0.590. The maximum absolute atomic E-state index is 10.1. The van der Waals surface area contributed by atoms with Crippen molar-refractivity contribution < 1.29 is 14.9 Å². The second-order valence-electron chi connectivity index (χ2n) is 3.66. The van der Waals surface area contributed by atoms with Crippen LogP contribution in [0.2, 0.25) is 0 Å². The third kappa shape index (κ3) is 1.61. The van der Waals surface area contributed by atoms with Crippen LogP contribution < -0.4 is 4.89 Å². The molecular formula is C11H14O3. The molecule has 2 rings (SSSR count). The van der Waals surface area contributed by atoms with Gasteiger partial charge in [0.05, 0.1) is 12.7 Å². The predicted octanol–water partition coefficient (Wildman–Crippen LogP) is 2.00. The second kappa shape index (κ2) is 3.59. The van der Waals surface area contributed by atoms with Crippen LogP contribution in [0.15, 0.2) is 24.3 Å². The molecule has 1 N–H and O–H groups in total. The van der Waals surface area contributed by atoms with Crippen LogP contribution in [-0.4, -0.2) is 12.2 Å². The molecule has 1 aliphatic carbocycles. The summed E-state index contributed by atoms with van der Waals surface area (Å²) in [6.07, 6.45) is 2.76. The first-order chi connectivity index (χ1) is 6.74. The minimum Gasteiger partial charge on any atom is -0.385 e. The Bertz CT molecular complexity index is 318. The van der Waals surface area contributed by atoms with E-state index >= 15 is 0 Å². The van der Waals surface area contributed by atoms with Gasteiger partial charge in [-0.3, -0.25) is 0 Å². The van der Waals surface area contributed by atoms with E-state index in [1.807, 2.05) is 18.2 Å². The van der Waals surface area contributed by atoms with Crippen molar-refractivity contribution in [1.29, 1.82) is 0 Å². The van der Waals surface area contributed by atoms with E-state index < -0.39 is 5.60 Å². The van der Waals surface area contributed by atoms with Crippen molar-refractivity contribution in [1.82, 2.24) is 0 Å². The van der Waals surface area contributed by atoms with E-state index in [9.17, 15) is 5.11 Å². The van der Waals surface area contributed by atoms with Crippen LogP contribution in [0.25, 0.3) is 0 Å². The summed E-state index contributed by atoms with van der Waals surface area (Å²) in [5, 5.41) is 10.1. The van der Waals surface area contributed by atoms with Gasteiger partial charge in [-0.1, -0.05) is 12.1 Å². The lowest BCUT2D eigenvalue weighted by Gasteiger charge is -2.37. The fourth-order valence-corrected chi connectivity index (χ4v) is 1.73. The van der Waals surface area contributed by atoms with Gasteiger partial charge in [-0.05, 0) is 37.0 Å². The molecule has 0 saturated heterocycles. The molecule has 0 radical (unpaired) electrons. The maximum atomic E-state index is 10.1. The third-order valence-electron chi connectivity index (χ3n) is 2.73. The Balaban J connectivity index is 2.21. The van der Waals surface area contributed by atoms with Crippen LogP contribution in [0.1, 0.15) is 24.8 Å². The summed E-state index contributed by atoms with van der Waals surface area (Å²) in [6.45, 7) is 0. The van der Waals surface area contributed by atoms with Gasteiger partial charge in [-0.15, -0.1) is 0 Å². The van der Waals surface area contributed by atoms with E-state index in [0.29, 0.717) is 5.75 Å². The van der Waals surface area contributed by atoms with E-state index in [0.717, 1.165) is 24.8 Å². The topological polar surface area (TPSA) is 38.7 Å². The first-order valence-corrected chi connectivity index (χ1v) is 4.78. The van der Waals surface area contributed by atoms with Gasteiger partial charge in [0.2, 0.25) is 0 Å². The summed E-state index contributed by atoms with van der Waals surface area (Å²) < 4.78 is 0. The lowest BCUT2D eigenvalue weighted by atomic mass is 9.75. The van der Waals surface area contributed by atoms with Crippen molar-refractivity contribution in [3.63, 3.8) is 0 Å². The zero-order valence-electron chi connectivity index (χ0n) is 8.19. The minimum atomic E-state index is -0.632. The molecule has 0 atom stereocenters. The van der Waals surface area contributed by atoms with E-state index in [1.165, 1.54) is 7.11 Å². The molecule has 1 aliphatic rings. The number of hydrogen-bond donors (Lipinski definition) is 1. The van der Waals surface area contributed by atoms with Crippen molar-refractivity contribution in [2.45, 2.75) is 24.9 Å². The highest BCUT2D eigenvalue weighted by molar-refractivity contribution is 5.33. The zero-order valence-corrected chi connectivity index (χ0v) is 8.19. The normalized spacial score (nSPS) is 18.7. The van der Waals surface area contributed by atoms with Crippen molar-refractivity contribution in [3.8, 4) is 5.75 Å². The highest BCUT2D eigenvalue weighted by atomic mass is 17.2. The lowest BCUT2D eigenvalue weighted by molar-refractivity contribution is -0.178. The molecule has 0 bridgehead atoms. The molecular weight excluding hydrogens is 180 g/mol. The average Bonchev–Trinajstić information content (AvgIpc) is 2.15. The molecule has 1 aromatic carbocycles. The van der Waals surface area contributed by atoms with Crippen LogP contribution in [0.4, 0.5) is 0 Å². The van der Waals surface area contributed by atoms with Crippen LogP contribution in [0.5, 0.6) is 5.75 Å². The number of benzene rings is 1. The van der Waals surface area contributed by atoms with Gasteiger partial charge in [0.15, 0.2) is 5.75 Å². The Hall–Kier alpha value is -1.06. The van der Waals surface area contributed by atoms with Crippen LogP contribution in [0, 0.1) is 0 Å². The van der Waals surface area contributed by atoms with Crippen LogP contribution in [-0.2, 0) is 10.5 Å². The zero-order chi connectivity index (χ0) is 10.0. The fraction of sp³-hybridized carbons (Fsp3) is 0.455. The van der Waals surface area contributed by atoms with Crippen molar-refractivity contribution in [3.05, 3.63) is 29.8 Å². The Morgan fingerprint density at radius 1 is 1.36 bits per heavy atom. The summed E-state index contributed by atoms with van der Waals surface area (Å²) >= 11 is 0. The highest BCUT2D eigenvalue weighted by Gasteiger charge is 2.36. The Kier molecular flexibility index (Phi) is 2.44. The van der Waals surface area contributed by atoms with E-state index in [4.69, 9.17) is 4.89 Å². The molecule has 0 spiro atoms. The Morgan fingerprint density at radius 2 is 2.14 bits per heavy atom. The van der Waals surface area contributed by atoms with Gasteiger partial charge < -0.3 is 9.99 Å². The van der Waals surface area contributed by atoms with Crippen molar-refractivity contribution >= 4 is 0 Å². The number of hydrogen-bond acceptors (Lipinski definition) is 3.